The molecule has 10 heteroatoms. The third-order valence-electron chi connectivity index (χ3n) is 7.75. The van der Waals surface area contributed by atoms with Crippen LogP contribution >= 0.6 is 0 Å². The minimum atomic E-state index is -0.624. The van der Waals surface area contributed by atoms with Crippen molar-refractivity contribution in [2.45, 2.75) is 38.8 Å². The molecule has 0 spiro atoms. The van der Waals surface area contributed by atoms with E-state index in [9.17, 15) is 5.11 Å². The number of aliphatic hydroxyl groups is 1. The van der Waals surface area contributed by atoms with Crippen LogP contribution in [0.4, 0.5) is 5.82 Å². The molecule has 6 heterocycles. The first kappa shape index (κ1) is 23.3. The summed E-state index contributed by atoms with van der Waals surface area (Å²) in [5.41, 5.74) is 2.97. The summed E-state index contributed by atoms with van der Waals surface area (Å²) in [6.45, 7) is 9.41. The molecule has 4 aromatic heterocycles. The molecule has 0 saturated carbocycles. The average molecular weight is 491 g/mol. The van der Waals surface area contributed by atoms with Gasteiger partial charge in [0.25, 0.3) is 0 Å². The SMILES string of the molecule is Cn1c(CN2CCC(C(C)(C)O)CC2)nc2c(N3CCOCC3)nc(-c3cccn4cncc34)nc21. The Kier molecular flexibility index (Phi) is 5.89. The van der Waals surface area contributed by atoms with Gasteiger partial charge in [-0.25, -0.2) is 19.9 Å². The van der Waals surface area contributed by atoms with Crippen LogP contribution in [-0.2, 0) is 18.3 Å². The fourth-order valence-electron chi connectivity index (χ4n) is 5.49. The van der Waals surface area contributed by atoms with Crippen molar-refractivity contribution in [3.63, 3.8) is 0 Å². The highest BCUT2D eigenvalue weighted by molar-refractivity contribution is 5.88. The number of aromatic nitrogens is 6. The molecule has 6 rings (SSSR count). The van der Waals surface area contributed by atoms with E-state index in [0.29, 0.717) is 25.0 Å². The minimum Gasteiger partial charge on any atom is -0.390 e. The van der Waals surface area contributed by atoms with Crippen molar-refractivity contribution in [2.75, 3.05) is 44.3 Å². The summed E-state index contributed by atoms with van der Waals surface area (Å²) in [5, 5.41) is 10.4. The van der Waals surface area contributed by atoms with Gasteiger partial charge in [-0.3, -0.25) is 4.90 Å². The van der Waals surface area contributed by atoms with Gasteiger partial charge in [0.05, 0.1) is 43.4 Å². The number of aryl methyl sites for hydroxylation is 1. The van der Waals surface area contributed by atoms with Gasteiger partial charge in [0, 0.05) is 31.9 Å². The van der Waals surface area contributed by atoms with Crippen LogP contribution in [0.3, 0.4) is 0 Å². The average Bonchev–Trinajstić information content (AvgIpc) is 3.49. The summed E-state index contributed by atoms with van der Waals surface area (Å²) in [5.74, 6) is 2.86. The zero-order chi connectivity index (χ0) is 24.9. The van der Waals surface area contributed by atoms with E-state index >= 15 is 0 Å². The van der Waals surface area contributed by atoms with Gasteiger partial charge in [0.15, 0.2) is 22.8 Å². The number of morpholine rings is 1. The highest BCUT2D eigenvalue weighted by Crippen LogP contribution is 2.32. The number of pyridine rings is 1. The molecular weight excluding hydrogens is 456 g/mol. The number of fused-ring (bicyclic) bond motifs is 2. The molecule has 2 fully saturated rings. The molecule has 1 N–H and O–H groups in total. The normalized spacial score (nSPS) is 18.5. The Morgan fingerprint density at radius 2 is 1.86 bits per heavy atom. The molecule has 0 atom stereocenters. The lowest BCUT2D eigenvalue weighted by Crippen LogP contribution is -2.41. The van der Waals surface area contributed by atoms with Crippen molar-refractivity contribution < 1.29 is 9.84 Å². The first-order chi connectivity index (χ1) is 17.4. The van der Waals surface area contributed by atoms with E-state index < -0.39 is 5.60 Å². The van der Waals surface area contributed by atoms with Crippen LogP contribution in [-0.4, -0.2) is 83.9 Å². The lowest BCUT2D eigenvalue weighted by atomic mass is 9.83. The molecule has 0 amide bonds. The summed E-state index contributed by atoms with van der Waals surface area (Å²) >= 11 is 0. The van der Waals surface area contributed by atoms with Crippen LogP contribution in [0.5, 0.6) is 0 Å². The van der Waals surface area contributed by atoms with Crippen LogP contribution in [0.1, 0.15) is 32.5 Å². The molecule has 2 saturated heterocycles. The number of hydrogen-bond acceptors (Lipinski definition) is 8. The van der Waals surface area contributed by atoms with Gasteiger partial charge in [-0.05, 0) is 57.8 Å². The molecule has 10 nitrogen and oxygen atoms in total. The molecule has 36 heavy (non-hydrogen) atoms. The standard InChI is InChI=1S/C26H34N8O2/c1-26(2,35)18-6-9-32(10-7-18)16-21-28-22-24(31(21)3)29-23(30-25(22)33-11-13-36-14-12-33)19-5-4-8-34-17-27-15-20(19)34/h4-5,8,15,17-18,35H,6-7,9-14,16H2,1-3H3. The number of nitrogens with zero attached hydrogens (tertiary/aromatic N) is 8. The van der Waals surface area contributed by atoms with Crippen LogP contribution in [0, 0.1) is 5.92 Å². The first-order valence-corrected chi connectivity index (χ1v) is 12.8. The van der Waals surface area contributed by atoms with Crippen molar-refractivity contribution in [3.05, 3.63) is 36.7 Å². The maximum atomic E-state index is 10.4. The predicted molar refractivity (Wildman–Crippen MR) is 138 cm³/mol. The second-order valence-electron chi connectivity index (χ2n) is 10.5. The van der Waals surface area contributed by atoms with E-state index in [1.54, 1.807) is 6.33 Å². The van der Waals surface area contributed by atoms with Gasteiger partial charge in [-0.1, -0.05) is 0 Å². The maximum Gasteiger partial charge on any atom is 0.166 e. The van der Waals surface area contributed by atoms with Gasteiger partial charge in [-0.15, -0.1) is 0 Å². The lowest BCUT2D eigenvalue weighted by Gasteiger charge is -2.37. The summed E-state index contributed by atoms with van der Waals surface area (Å²) < 4.78 is 9.71. The molecule has 0 unspecified atom stereocenters. The van der Waals surface area contributed by atoms with Crippen LogP contribution in [0.25, 0.3) is 28.1 Å². The lowest BCUT2D eigenvalue weighted by molar-refractivity contribution is -0.0139. The molecule has 2 aliphatic heterocycles. The quantitative estimate of drug-likeness (QED) is 0.456. The third-order valence-corrected chi connectivity index (χ3v) is 7.75. The van der Waals surface area contributed by atoms with Gasteiger partial charge < -0.3 is 23.7 Å². The number of anilines is 1. The molecular formula is C26H34N8O2. The van der Waals surface area contributed by atoms with Crippen molar-refractivity contribution in [1.82, 2.24) is 33.8 Å². The minimum absolute atomic E-state index is 0.335. The Balaban J connectivity index is 1.39. The van der Waals surface area contributed by atoms with E-state index in [1.165, 1.54) is 0 Å². The van der Waals surface area contributed by atoms with E-state index in [-0.39, 0.29) is 0 Å². The van der Waals surface area contributed by atoms with Gasteiger partial charge in [0.2, 0.25) is 0 Å². The summed E-state index contributed by atoms with van der Waals surface area (Å²) in [4.78, 5) is 24.2. The van der Waals surface area contributed by atoms with Crippen molar-refractivity contribution in [3.8, 4) is 11.4 Å². The zero-order valence-electron chi connectivity index (χ0n) is 21.3. The Hall–Kier alpha value is -3.08. The summed E-state index contributed by atoms with van der Waals surface area (Å²) in [6.07, 6.45) is 7.61. The molecule has 2 aliphatic rings. The Labute approximate surface area is 210 Å². The Bertz CT molecular complexity index is 1370. The number of ether oxygens (including phenoxy) is 1. The monoisotopic (exact) mass is 490 g/mol. The van der Waals surface area contributed by atoms with Gasteiger partial charge in [-0.2, -0.15) is 0 Å². The molecule has 0 aromatic carbocycles. The predicted octanol–water partition coefficient (Wildman–Crippen LogP) is 2.50. The van der Waals surface area contributed by atoms with Crippen LogP contribution < -0.4 is 4.90 Å². The van der Waals surface area contributed by atoms with E-state index in [0.717, 1.165) is 79.5 Å². The molecule has 190 valence electrons. The smallest absolute Gasteiger partial charge is 0.166 e. The maximum absolute atomic E-state index is 10.4. The third kappa shape index (κ3) is 4.23. The Morgan fingerprint density at radius 1 is 1.08 bits per heavy atom. The van der Waals surface area contributed by atoms with E-state index in [4.69, 9.17) is 19.7 Å². The van der Waals surface area contributed by atoms with E-state index in [2.05, 4.69) is 19.4 Å². The van der Waals surface area contributed by atoms with Gasteiger partial charge in [0.1, 0.15) is 5.82 Å². The second kappa shape index (κ2) is 9.10. The number of rotatable bonds is 5. The molecule has 0 bridgehead atoms. The topological polar surface area (TPSA) is 96.8 Å². The molecule has 0 aliphatic carbocycles. The summed E-state index contributed by atoms with van der Waals surface area (Å²) in [7, 11) is 2.05. The van der Waals surface area contributed by atoms with Crippen LogP contribution in [0.15, 0.2) is 30.9 Å². The summed E-state index contributed by atoms with van der Waals surface area (Å²) in [6, 6.07) is 4.04. The largest absolute Gasteiger partial charge is 0.390 e. The van der Waals surface area contributed by atoms with E-state index in [1.807, 2.05) is 49.8 Å². The zero-order valence-corrected chi connectivity index (χ0v) is 21.3. The fraction of sp³-hybridized carbons (Fsp3) is 0.538. The van der Waals surface area contributed by atoms with Crippen molar-refractivity contribution in [1.29, 1.82) is 0 Å². The second-order valence-corrected chi connectivity index (χ2v) is 10.5. The number of likely N-dealkylation sites (tertiary alicyclic amines) is 1. The number of imidazole rings is 2. The first-order valence-electron chi connectivity index (χ1n) is 12.8. The highest BCUT2D eigenvalue weighted by atomic mass is 16.5. The fourth-order valence-corrected chi connectivity index (χ4v) is 5.49. The number of piperidine rings is 1. The molecule has 4 aromatic rings. The number of hydrogen-bond donors (Lipinski definition) is 1. The van der Waals surface area contributed by atoms with Crippen molar-refractivity contribution >= 4 is 22.5 Å². The molecule has 0 radical (unpaired) electrons. The van der Waals surface area contributed by atoms with Crippen LogP contribution in [0.2, 0.25) is 0 Å². The van der Waals surface area contributed by atoms with Crippen molar-refractivity contribution in [2.24, 2.45) is 13.0 Å². The Morgan fingerprint density at radius 3 is 2.61 bits per heavy atom. The highest BCUT2D eigenvalue weighted by Gasteiger charge is 2.31. The van der Waals surface area contributed by atoms with Gasteiger partial charge >= 0.3 is 0 Å².